The Morgan fingerprint density at radius 2 is 1.75 bits per heavy atom. The number of nitrogens with zero attached hydrogens (tertiary/aromatic N) is 2. The maximum absolute atomic E-state index is 5.86. The Hall–Kier alpha value is -2.33. The molecule has 1 aromatic heterocycles. The fraction of sp³-hybridized carbons (Fsp3) is 0.0667. The van der Waals surface area contributed by atoms with E-state index in [4.69, 9.17) is 11.6 Å². The Bertz CT molecular complexity index is 677. The van der Waals surface area contributed by atoms with Crippen LogP contribution in [0.15, 0.2) is 54.6 Å². The van der Waals surface area contributed by atoms with Gasteiger partial charge < -0.3 is 5.32 Å². The van der Waals surface area contributed by atoms with Crippen LogP contribution >= 0.6 is 11.6 Å². The van der Waals surface area contributed by atoms with Gasteiger partial charge in [0.1, 0.15) is 5.82 Å². The molecule has 2 N–H and O–H groups in total. The Labute approximate surface area is 121 Å². The molecule has 0 aliphatic rings. The van der Waals surface area contributed by atoms with Crippen molar-refractivity contribution in [2.24, 2.45) is 0 Å². The highest BCUT2D eigenvalue weighted by atomic mass is 35.5. The van der Waals surface area contributed by atoms with Crippen molar-refractivity contribution < 1.29 is 0 Å². The van der Waals surface area contributed by atoms with Gasteiger partial charge in [-0.25, -0.2) is 4.98 Å². The molecule has 0 saturated carbocycles. The van der Waals surface area contributed by atoms with Crippen LogP contribution in [0, 0.1) is 0 Å². The first-order chi connectivity index (χ1) is 9.81. The average molecular weight is 285 g/mol. The van der Waals surface area contributed by atoms with Gasteiger partial charge in [-0.1, -0.05) is 29.8 Å². The summed E-state index contributed by atoms with van der Waals surface area (Å²) in [7, 11) is 0. The third kappa shape index (κ3) is 2.97. The summed E-state index contributed by atoms with van der Waals surface area (Å²) in [5.41, 5.74) is 1.99. The van der Waals surface area contributed by atoms with Gasteiger partial charge in [-0.3, -0.25) is 5.10 Å². The second-order valence-corrected chi connectivity index (χ2v) is 4.77. The fourth-order valence-electron chi connectivity index (χ4n) is 1.84. The predicted molar refractivity (Wildman–Crippen MR) is 80.6 cm³/mol. The molecule has 4 nitrogen and oxygen atoms in total. The quantitative estimate of drug-likeness (QED) is 0.767. The molecule has 0 amide bonds. The zero-order valence-electron chi connectivity index (χ0n) is 10.7. The van der Waals surface area contributed by atoms with Gasteiger partial charge >= 0.3 is 0 Å². The fourth-order valence-corrected chi connectivity index (χ4v) is 1.97. The number of aromatic amines is 1. The molecule has 3 rings (SSSR count). The third-order valence-corrected chi connectivity index (χ3v) is 3.12. The molecule has 0 aliphatic heterocycles. The Kier molecular flexibility index (Phi) is 3.65. The van der Waals surface area contributed by atoms with Gasteiger partial charge in [0.15, 0.2) is 5.82 Å². The molecular formula is C15H13ClN4. The normalized spacial score (nSPS) is 10.4. The summed E-state index contributed by atoms with van der Waals surface area (Å²) in [5.74, 6) is 1.46. The van der Waals surface area contributed by atoms with Crippen LogP contribution in [0.3, 0.4) is 0 Å². The number of nitrogens with one attached hydrogen (secondary N) is 2. The van der Waals surface area contributed by atoms with E-state index in [1.807, 2.05) is 54.6 Å². The van der Waals surface area contributed by atoms with Crippen LogP contribution in [-0.2, 0) is 6.54 Å². The SMILES string of the molecule is Clc1ccc(-c2n[nH]c(CNc3ccccc3)n2)cc1. The van der Waals surface area contributed by atoms with Gasteiger partial charge in [0, 0.05) is 16.3 Å². The first kappa shape index (κ1) is 12.7. The summed E-state index contributed by atoms with van der Waals surface area (Å²) >= 11 is 5.86. The molecule has 20 heavy (non-hydrogen) atoms. The van der Waals surface area contributed by atoms with Gasteiger partial charge in [0.05, 0.1) is 6.54 Å². The summed E-state index contributed by atoms with van der Waals surface area (Å²) < 4.78 is 0. The van der Waals surface area contributed by atoms with Gasteiger partial charge in [0.2, 0.25) is 0 Å². The van der Waals surface area contributed by atoms with Gasteiger partial charge in [-0.2, -0.15) is 5.10 Å². The number of hydrogen-bond acceptors (Lipinski definition) is 3. The topological polar surface area (TPSA) is 53.6 Å². The lowest BCUT2D eigenvalue weighted by molar-refractivity contribution is 0.955. The third-order valence-electron chi connectivity index (χ3n) is 2.87. The highest BCUT2D eigenvalue weighted by Gasteiger charge is 2.05. The number of rotatable bonds is 4. The van der Waals surface area contributed by atoms with Crippen LogP contribution in [0.2, 0.25) is 5.02 Å². The van der Waals surface area contributed by atoms with Gasteiger partial charge in [-0.05, 0) is 36.4 Å². The molecule has 0 atom stereocenters. The first-order valence-corrected chi connectivity index (χ1v) is 6.65. The van der Waals surface area contributed by atoms with E-state index >= 15 is 0 Å². The lowest BCUT2D eigenvalue weighted by Crippen LogP contribution is -2.00. The minimum absolute atomic E-state index is 0.602. The Morgan fingerprint density at radius 1 is 1.00 bits per heavy atom. The smallest absolute Gasteiger partial charge is 0.181 e. The lowest BCUT2D eigenvalue weighted by Gasteiger charge is -2.02. The highest BCUT2D eigenvalue weighted by molar-refractivity contribution is 6.30. The summed E-state index contributed by atoms with van der Waals surface area (Å²) in [5, 5.41) is 11.1. The Balaban J connectivity index is 1.69. The van der Waals surface area contributed by atoms with Crippen LogP contribution in [0.1, 0.15) is 5.82 Å². The number of halogens is 1. The molecule has 0 aliphatic carbocycles. The molecule has 0 saturated heterocycles. The van der Waals surface area contributed by atoms with E-state index in [0.717, 1.165) is 17.1 Å². The van der Waals surface area contributed by atoms with Crippen molar-refractivity contribution in [3.8, 4) is 11.4 Å². The van der Waals surface area contributed by atoms with Crippen molar-refractivity contribution in [1.29, 1.82) is 0 Å². The highest BCUT2D eigenvalue weighted by Crippen LogP contribution is 2.18. The molecule has 0 radical (unpaired) electrons. The standard InChI is InChI=1S/C15H13ClN4/c16-12-8-6-11(7-9-12)15-18-14(19-20-15)10-17-13-4-2-1-3-5-13/h1-9,17H,10H2,(H,18,19,20). The monoisotopic (exact) mass is 284 g/mol. The van der Waals surface area contributed by atoms with Gasteiger partial charge in [-0.15, -0.1) is 0 Å². The van der Waals surface area contributed by atoms with Crippen molar-refractivity contribution >= 4 is 17.3 Å². The van der Waals surface area contributed by atoms with E-state index in [1.54, 1.807) is 0 Å². The molecule has 5 heteroatoms. The van der Waals surface area contributed by atoms with Crippen molar-refractivity contribution in [3.05, 3.63) is 65.4 Å². The number of benzene rings is 2. The van der Waals surface area contributed by atoms with Crippen LogP contribution in [0.5, 0.6) is 0 Å². The van der Waals surface area contributed by atoms with E-state index in [1.165, 1.54) is 0 Å². The maximum atomic E-state index is 5.86. The zero-order chi connectivity index (χ0) is 13.8. The molecule has 0 bridgehead atoms. The van der Waals surface area contributed by atoms with Crippen LogP contribution in [0.4, 0.5) is 5.69 Å². The zero-order valence-corrected chi connectivity index (χ0v) is 11.4. The van der Waals surface area contributed by atoms with Crippen molar-refractivity contribution in [3.63, 3.8) is 0 Å². The Morgan fingerprint density at radius 3 is 2.50 bits per heavy atom. The summed E-state index contributed by atoms with van der Waals surface area (Å²) in [4.78, 5) is 4.45. The molecule has 3 aromatic rings. The van der Waals surface area contributed by atoms with Gasteiger partial charge in [0.25, 0.3) is 0 Å². The minimum atomic E-state index is 0.602. The molecule has 1 heterocycles. The van der Waals surface area contributed by atoms with E-state index < -0.39 is 0 Å². The van der Waals surface area contributed by atoms with Crippen LogP contribution in [0.25, 0.3) is 11.4 Å². The largest absolute Gasteiger partial charge is 0.378 e. The summed E-state index contributed by atoms with van der Waals surface area (Å²) in [6.45, 7) is 0.602. The number of hydrogen-bond donors (Lipinski definition) is 2. The summed E-state index contributed by atoms with van der Waals surface area (Å²) in [6.07, 6.45) is 0. The van der Waals surface area contributed by atoms with E-state index in [2.05, 4.69) is 20.5 Å². The molecule has 0 fully saturated rings. The predicted octanol–water partition coefficient (Wildman–Crippen LogP) is 3.74. The molecular weight excluding hydrogens is 272 g/mol. The van der Waals surface area contributed by atoms with E-state index in [9.17, 15) is 0 Å². The van der Waals surface area contributed by atoms with Crippen molar-refractivity contribution in [1.82, 2.24) is 15.2 Å². The van der Waals surface area contributed by atoms with Crippen LogP contribution < -0.4 is 5.32 Å². The first-order valence-electron chi connectivity index (χ1n) is 6.27. The maximum Gasteiger partial charge on any atom is 0.181 e. The van der Waals surface area contributed by atoms with Crippen molar-refractivity contribution in [2.75, 3.05) is 5.32 Å². The molecule has 100 valence electrons. The van der Waals surface area contributed by atoms with E-state index in [0.29, 0.717) is 17.4 Å². The molecule has 2 aromatic carbocycles. The lowest BCUT2D eigenvalue weighted by atomic mass is 10.2. The number of para-hydroxylation sites is 1. The summed E-state index contributed by atoms with van der Waals surface area (Å²) in [6, 6.07) is 17.4. The van der Waals surface area contributed by atoms with Crippen molar-refractivity contribution in [2.45, 2.75) is 6.54 Å². The number of aromatic nitrogens is 3. The molecule has 0 spiro atoms. The second kappa shape index (κ2) is 5.75. The second-order valence-electron chi connectivity index (χ2n) is 4.33. The average Bonchev–Trinajstić information content (AvgIpc) is 2.96. The number of H-pyrrole nitrogens is 1. The van der Waals surface area contributed by atoms with Crippen LogP contribution in [-0.4, -0.2) is 15.2 Å². The van der Waals surface area contributed by atoms with E-state index in [-0.39, 0.29) is 0 Å². The molecule has 0 unspecified atom stereocenters. The number of anilines is 1. The minimum Gasteiger partial charge on any atom is -0.378 e.